The molecule has 45 heavy (non-hydrogen) atoms. The zero-order valence-corrected chi connectivity index (χ0v) is 28.1. The first kappa shape index (κ1) is 34.8. The predicted octanol–water partition coefficient (Wildman–Crippen LogP) is 3.68. The maximum atomic E-state index is 14.4. The van der Waals surface area contributed by atoms with Crippen molar-refractivity contribution in [3.63, 3.8) is 0 Å². The van der Waals surface area contributed by atoms with Gasteiger partial charge in [-0.25, -0.2) is 0 Å². The van der Waals surface area contributed by atoms with Gasteiger partial charge in [-0.05, 0) is 45.6 Å². The summed E-state index contributed by atoms with van der Waals surface area (Å²) in [6.45, 7) is 14.8. The van der Waals surface area contributed by atoms with Crippen LogP contribution in [0.4, 0.5) is 0 Å². The number of benzene rings is 1. The number of rotatable bonds is 15. The topological polar surface area (TPSA) is 125 Å². The number of carbonyl (C=O) groups is 4. The van der Waals surface area contributed by atoms with Gasteiger partial charge in [0.25, 0.3) is 0 Å². The highest BCUT2D eigenvalue weighted by Crippen LogP contribution is 2.61. The Morgan fingerprint density at radius 3 is 2.49 bits per heavy atom. The maximum Gasteiger partial charge on any atom is 0.313 e. The number of aliphatic hydroxyl groups excluding tert-OH is 1. The third-order valence-corrected chi connectivity index (χ3v) is 10.2. The average Bonchev–Trinajstić information content (AvgIpc) is 3.61. The highest BCUT2D eigenvalue weighted by molar-refractivity contribution is 9.09. The lowest BCUT2D eigenvalue weighted by molar-refractivity contribution is -0.162. The van der Waals surface area contributed by atoms with Crippen LogP contribution in [0.25, 0.3) is 0 Å². The summed E-state index contributed by atoms with van der Waals surface area (Å²) in [5.74, 6) is -3.53. The summed E-state index contributed by atoms with van der Waals surface area (Å²) in [6, 6.07) is 6.69. The van der Waals surface area contributed by atoms with E-state index in [1.54, 1.807) is 24.0 Å². The molecule has 1 aromatic carbocycles. The van der Waals surface area contributed by atoms with Gasteiger partial charge in [0, 0.05) is 23.8 Å². The Hall–Kier alpha value is -3.02. The van der Waals surface area contributed by atoms with Crippen molar-refractivity contribution < 1.29 is 33.8 Å². The van der Waals surface area contributed by atoms with Crippen molar-refractivity contribution >= 4 is 39.6 Å². The number of hydrogen-bond donors (Lipinski definition) is 2. The first-order valence-electron chi connectivity index (χ1n) is 15.8. The molecule has 11 heteroatoms. The Bertz CT molecular complexity index is 1270. The molecule has 3 aliphatic heterocycles. The summed E-state index contributed by atoms with van der Waals surface area (Å²) in [5, 5.41) is 13.3. The van der Waals surface area contributed by atoms with Gasteiger partial charge in [-0.2, -0.15) is 0 Å². The van der Waals surface area contributed by atoms with E-state index in [0.29, 0.717) is 24.8 Å². The molecular weight excluding hydrogens is 642 g/mol. The Morgan fingerprint density at radius 2 is 1.91 bits per heavy atom. The van der Waals surface area contributed by atoms with Crippen LogP contribution in [0, 0.1) is 11.8 Å². The van der Waals surface area contributed by atoms with Crippen LogP contribution in [-0.4, -0.2) is 92.4 Å². The van der Waals surface area contributed by atoms with Crippen LogP contribution >= 0.6 is 15.9 Å². The summed E-state index contributed by atoms with van der Waals surface area (Å²) < 4.78 is 12.8. The number of nitrogens with zero attached hydrogens (tertiary/aromatic N) is 2. The molecule has 3 fully saturated rings. The van der Waals surface area contributed by atoms with Gasteiger partial charge in [-0.1, -0.05) is 65.3 Å². The number of alkyl halides is 1. The normalized spacial score (nSPS) is 28.7. The van der Waals surface area contributed by atoms with Gasteiger partial charge in [0.2, 0.25) is 17.7 Å². The largest absolute Gasteiger partial charge is 0.455 e. The average molecular weight is 689 g/mol. The monoisotopic (exact) mass is 687 g/mol. The second-order valence-corrected chi connectivity index (χ2v) is 13.7. The maximum absolute atomic E-state index is 14.4. The Kier molecular flexibility index (Phi) is 11.3. The minimum Gasteiger partial charge on any atom is -0.455 e. The third kappa shape index (κ3) is 6.49. The van der Waals surface area contributed by atoms with Crippen LogP contribution in [-0.2, 0) is 28.7 Å². The molecule has 0 aliphatic carbocycles. The van der Waals surface area contributed by atoms with E-state index in [9.17, 15) is 24.3 Å². The van der Waals surface area contributed by atoms with E-state index in [-0.39, 0.29) is 42.3 Å². The predicted molar refractivity (Wildman–Crippen MR) is 173 cm³/mol. The molecule has 2 N–H and O–H groups in total. The number of allylic oxidation sites excluding steroid dienone is 1. The highest BCUT2D eigenvalue weighted by atomic mass is 79.9. The van der Waals surface area contributed by atoms with Gasteiger partial charge in [0.15, 0.2) is 0 Å². The lowest BCUT2D eigenvalue weighted by Crippen LogP contribution is -2.59. The molecule has 1 unspecified atom stereocenters. The Balaban J connectivity index is 1.72. The molecule has 3 saturated heterocycles. The van der Waals surface area contributed by atoms with Crippen LogP contribution in [0.3, 0.4) is 0 Å². The molecule has 1 spiro atoms. The molecule has 4 rings (SSSR count). The molecule has 0 saturated carbocycles. The van der Waals surface area contributed by atoms with Crippen LogP contribution in [0.1, 0.15) is 65.0 Å². The van der Waals surface area contributed by atoms with Gasteiger partial charge in [-0.15, -0.1) is 13.2 Å². The summed E-state index contributed by atoms with van der Waals surface area (Å²) in [6.07, 6.45) is 3.26. The Morgan fingerprint density at radius 1 is 1.22 bits per heavy atom. The number of halogens is 1. The van der Waals surface area contributed by atoms with Crippen molar-refractivity contribution in [2.75, 3.05) is 13.2 Å². The van der Waals surface area contributed by atoms with Gasteiger partial charge < -0.3 is 29.7 Å². The molecule has 0 radical (unpaired) electrons. The van der Waals surface area contributed by atoms with E-state index in [0.717, 1.165) is 0 Å². The van der Waals surface area contributed by atoms with Gasteiger partial charge in [-0.3, -0.25) is 19.2 Å². The second kappa shape index (κ2) is 14.6. The number of carbonyl (C=O) groups excluding carboxylic acids is 4. The molecular formula is C34H46BrN3O7. The number of nitrogens with one attached hydrogen (secondary N) is 1. The van der Waals surface area contributed by atoms with Crippen molar-refractivity contribution in [1.82, 2.24) is 15.1 Å². The molecule has 1 aromatic rings. The minimum atomic E-state index is -1.29. The fourth-order valence-corrected chi connectivity index (χ4v) is 8.16. The fraction of sp³-hybridized carbons (Fsp3) is 0.588. The van der Waals surface area contributed by atoms with E-state index in [2.05, 4.69) is 34.4 Å². The number of esters is 1. The highest BCUT2D eigenvalue weighted by Gasteiger charge is 2.77. The molecule has 2 bridgehead atoms. The van der Waals surface area contributed by atoms with E-state index in [4.69, 9.17) is 9.47 Å². The molecule has 10 nitrogen and oxygen atoms in total. The number of hydrogen-bond acceptors (Lipinski definition) is 7. The van der Waals surface area contributed by atoms with Crippen molar-refractivity contribution in [2.45, 2.75) is 100 Å². The standard InChI is InChI=1S/C34H46BrN3O7/c1-7-10-16-25(40)36-21(6)28(22-14-12-11-13-15-22)44-33(43)26-27-31(41)38(23(9-3)19-39)30(32(42)37(17-8-2)20(4)5)34(27)18-24(35)29(26)45-34/h7-8,11-15,20-21,23-24,26-30,39H,1-2,9-10,16-19H2,3-6H3,(H,36,40)/t21-,23-,24?,26+,27-,28-,29+,30+,34-/m0/s1. The van der Waals surface area contributed by atoms with Crippen LogP contribution in [0.5, 0.6) is 0 Å². The number of aliphatic hydroxyl groups is 1. The summed E-state index contributed by atoms with van der Waals surface area (Å²) in [7, 11) is 0. The molecule has 3 heterocycles. The first-order chi connectivity index (χ1) is 21.5. The van der Waals surface area contributed by atoms with E-state index in [1.807, 2.05) is 51.1 Å². The lowest BCUT2D eigenvalue weighted by atomic mass is 9.70. The number of amides is 3. The molecule has 0 aromatic heterocycles. The summed E-state index contributed by atoms with van der Waals surface area (Å²) in [4.78, 5) is 58.4. The van der Waals surface area contributed by atoms with E-state index in [1.165, 1.54) is 4.90 Å². The van der Waals surface area contributed by atoms with Gasteiger partial charge in [0.1, 0.15) is 17.7 Å². The zero-order chi connectivity index (χ0) is 33.1. The van der Waals surface area contributed by atoms with Gasteiger partial charge >= 0.3 is 5.97 Å². The van der Waals surface area contributed by atoms with Gasteiger partial charge in [0.05, 0.1) is 36.6 Å². The number of ether oxygens (including phenoxy) is 2. The SMILES string of the molecule is C=CCCC(=O)N[C@@H](C)[C@H](OC(=O)[C@H]1[C@@H]2O[C@@]3(CC2Br)[C@@H]1C(=O)N([C@@H](CC)CO)[C@@H]3C(=O)N(CC=C)C(C)C)c1ccccc1. The Labute approximate surface area is 274 Å². The zero-order valence-electron chi connectivity index (χ0n) is 26.6. The van der Waals surface area contributed by atoms with Crippen molar-refractivity contribution in [3.05, 3.63) is 61.2 Å². The molecule has 3 aliphatic rings. The molecule has 246 valence electrons. The third-order valence-electron chi connectivity index (χ3n) is 9.33. The minimum absolute atomic E-state index is 0.189. The second-order valence-electron chi connectivity index (χ2n) is 12.5. The number of likely N-dealkylation sites (tertiary alicyclic amines) is 1. The van der Waals surface area contributed by atoms with E-state index < -0.39 is 59.6 Å². The van der Waals surface area contributed by atoms with Crippen LogP contribution in [0.15, 0.2) is 55.6 Å². The summed E-state index contributed by atoms with van der Waals surface area (Å²) >= 11 is 3.70. The van der Waals surface area contributed by atoms with Crippen LogP contribution in [0.2, 0.25) is 0 Å². The molecule has 3 amide bonds. The van der Waals surface area contributed by atoms with Crippen molar-refractivity contribution in [2.24, 2.45) is 11.8 Å². The number of fused-ring (bicyclic) bond motifs is 1. The van der Waals surface area contributed by atoms with Crippen molar-refractivity contribution in [1.29, 1.82) is 0 Å². The van der Waals surface area contributed by atoms with E-state index >= 15 is 0 Å². The lowest BCUT2D eigenvalue weighted by Gasteiger charge is -2.40. The smallest absolute Gasteiger partial charge is 0.313 e. The van der Waals surface area contributed by atoms with Crippen LogP contribution < -0.4 is 5.32 Å². The fourth-order valence-electron chi connectivity index (χ4n) is 7.21. The first-order valence-corrected chi connectivity index (χ1v) is 16.7. The quantitative estimate of drug-likeness (QED) is 0.164. The summed E-state index contributed by atoms with van der Waals surface area (Å²) in [5.41, 5.74) is -0.604. The van der Waals surface area contributed by atoms with Crippen molar-refractivity contribution in [3.8, 4) is 0 Å². The molecule has 9 atom stereocenters.